The fourth-order valence-electron chi connectivity index (χ4n) is 2.18. The number of nitrogens with zero attached hydrogens (tertiary/aromatic N) is 1. The van der Waals surface area contributed by atoms with Gasteiger partial charge in [0.25, 0.3) is 0 Å². The van der Waals surface area contributed by atoms with Crippen LogP contribution in [0.2, 0.25) is 4.34 Å². The van der Waals surface area contributed by atoms with Crippen LogP contribution in [0, 0.1) is 0 Å². The third-order valence-corrected chi connectivity index (χ3v) is 4.29. The van der Waals surface area contributed by atoms with E-state index in [-0.39, 0.29) is 12.3 Å². The SMILES string of the molecule is O=C(O)[C@H]1CCCCN1C(=O)Cc1ccc(Cl)s1. The summed E-state index contributed by atoms with van der Waals surface area (Å²) in [5.74, 6) is -1.03. The minimum atomic E-state index is -0.910. The summed E-state index contributed by atoms with van der Waals surface area (Å²) < 4.78 is 0.645. The van der Waals surface area contributed by atoms with E-state index in [1.54, 1.807) is 6.07 Å². The van der Waals surface area contributed by atoms with Crippen LogP contribution in [0.5, 0.6) is 0 Å². The van der Waals surface area contributed by atoms with Gasteiger partial charge < -0.3 is 10.0 Å². The van der Waals surface area contributed by atoms with E-state index in [0.717, 1.165) is 17.7 Å². The molecular formula is C12H14ClNO3S. The summed E-state index contributed by atoms with van der Waals surface area (Å²) in [7, 11) is 0. The quantitative estimate of drug-likeness (QED) is 0.929. The fourth-order valence-corrected chi connectivity index (χ4v) is 3.26. The van der Waals surface area contributed by atoms with Gasteiger partial charge in [0.1, 0.15) is 6.04 Å². The van der Waals surface area contributed by atoms with Crippen LogP contribution in [-0.4, -0.2) is 34.5 Å². The minimum absolute atomic E-state index is 0.124. The summed E-state index contributed by atoms with van der Waals surface area (Å²) in [6, 6.07) is 2.89. The lowest BCUT2D eigenvalue weighted by atomic mass is 10.0. The maximum Gasteiger partial charge on any atom is 0.326 e. The second kappa shape index (κ2) is 5.71. The Bertz CT molecular complexity index is 460. The Hall–Kier alpha value is -1.07. The monoisotopic (exact) mass is 287 g/mol. The van der Waals surface area contributed by atoms with Gasteiger partial charge in [0.2, 0.25) is 5.91 Å². The molecule has 1 fully saturated rings. The van der Waals surface area contributed by atoms with Crippen molar-refractivity contribution in [1.29, 1.82) is 0 Å². The molecule has 0 bridgehead atoms. The number of carboxylic acids is 1. The molecule has 1 aromatic heterocycles. The molecule has 1 aliphatic heterocycles. The maximum absolute atomic E-state index is 12.1. The standard InChI is InChI=1S/C12H14ClNO3S/c13-10-5-4-8(18-10)7-11(15)14-6-2-1-3-9(14)12(16)17/h4-5,9H,1-3,6-7H2,(H,16,17)/t9-/m1/s1. The van der Waals surface area contributed by atoms with Crippen LogP contribution in [-0.2, 0) is 16.0 Å². The smallest absolute Gasteiger partial charge is 0.326 e. The number of hydrogen-bond acceptors (Lipinski definition) is 3. The van der Waals surface area contributed by atoms with Gasteiger partial charge in [0.05, 0.1) is 10.8 Å². The van der Waals surface area contributed by atoms with Crippen molar-refractivity contribution in [3.8, 4) is 0 Å². The predicted octanol–water partition coefficient (Wildman–Crippen LogP) is 2.41. The van der Waals surface area contributed by atoms with Crippen LogP contribution in [0.1, 0.15) is 24.1 Å². The van der Waals surface area contributed by atoms with Crippen molar-refractivity contribution in [1.82, 2.24) is 4.90 Å². The number of piperidine rings is 1. The largest absolute Gasteiger partial charge is 0.480 e. The summed E-state index contributed by atoms with van der Waals surface area (Å²) >= 11 is 7.17. The molecule has 1 aliphatic rings. The highest BCUT2D eigenvalue weighted by atomic mass is 35.5. The van der Waals surface area contributed by atoms with E-state index in [1.165, 1.54) is 16.2 Å². The van der Waals surface area contributed by atoms with Gasteiger partial charge in [-0.3, -0.25) is 4.79 Å². The topological polar surface area (TPSA) is 57.6 Å². The molecule has 1 amide bonds. The van der Waals surface area contributed by atoms with Crippen LogP contribution >= 0.6 is 22.9 Å². The van der Waals surface area contributed by atoms with Gasteiger partial charge in [0, 0.05) is 11.4 Å². The van der Waals surface area contributed by atoms with Gasteiger partial charge in [-0.1, -0.05) is 11.6 Å². The molecular weight excluding hydrogens is 274 g/mol. The molecule has 6 heteroatoms. The number of rotatable bonds is 3. The number of carboxylic acid groups (broad SMARTS) is 1. The third-order valence-electron chi connectivity index (χ3n) is 3.06. The number of hydrogen-bond donors (Lipinski definition) is 1. The molecule has 0 unspecified atom stereocenters. The Morgan fingerprint density at radius 3 is 2.83 bits per heavy atom. The predicted molar refractivity (Wildman–Crippen MR) is 70.0 cm³/mol. The number of aliphatic carboxylic acids is 1. The van der Waals surface area contributed by atoms with Crippen LogP contribution in [0.25, 0.3) is 0 Å². The average Bonchev–Trinajstić information content (AvgIpc) is 2.74. The van der Waals surface area contributed by atoms with Crippen LogP contribution in [0.15, 0.2) is 12.1 Å². The highest BCUT2D eigenvalue weighted by Crippen LogP contribution is 2.24. The highest BCUT2D eigenvalue weighted by Gasteiger charge is 2.31. The van der Waals surface area contributed by atoms with Crippen LogP contribution in [0.4, 0.5) is 0 Å². The molecule has 0 spiro atoms. The molecule has 98 valence electrons. The first-order chi connectivity index (χ1) is 8.58. The lowest BCUT2D eigenvalue weighted by Crippen LogP contribution is -2.48. The molecule has 1 saturated heterocycles. The number of thiophene rings is 1. The molecule has 1 aromatic rings. The molecule has 0 aromatic carbocycles. The first-order valence-corrected chi connectivity index (χ1v) is 7.04. The maximum atomic E-state index is 12.1. The zero-order valence-electron chi connectivity index (χ0n) is 9.76. The van der Waals surface area contributed by atoms with Crippen molar-refractivity contribution in [2.24, 2.45) is 0 Å². The molecule has 1 atom stereocenters. The lowest BCUT2D eigenvalue weighted by molar-refractivity contribution is -0.151. The van der Waals surface area contributed by atoms with Gasteiger partial charge in [0.15, 0.2) is 0 Å². The molecule has 0 radical (unpaired) electrons. The van der Waals surface area contributed by atoms with Crippen molar-refractivity contribution in [3.05, 3.63) is 21.3 Å². The van der Waals surface area contributed by atoms with Gasteiger partial charge in [-0.15, -0.1) is 11.3 Å². The number of carbonyl (C=O) groups excluding carboxylic acids is 1. The molecule has 0 saturated carbocycles. The number of likely N-dealkylation sites (tertiary alicyclic amines) is 1. The van der Waals surface area contributed by atoms with Gasteiger partial charge in [-0.2, -0.15) is 0 Å². The van der Waals surface area contributed by atoms with Crippen molar-refractivity contribution in [2.45, 2.75) is 31.7 Å². The van der Waals surface area contributed by atoms with E-state index >= 15 is 0 Å². The summed E-state index contributed by atoms with van der Waals surface area (Å²) in [4.78, 5) is 25.6. The third kappa shape index (κ3) is 3.03. The number of carbonyl (C=O) groups is 2. The Labute approximate surface area is 114 Å². The summed E-state index contributed by atoms with van der Waals surface area (Å²) in [5.41, 5.74) is 0. The van der Waals surface area contributed by atoms with E-state index in [1.807, 2.05) is 6.07 Å². The summed E-state index contributed by atoms with van der Waals surface area (Å²) in [6.07, 6.45) is 2.53. The Balaban J connectivity index is 2.04. The number of halogens is 1. The van der Waals surface area contributed by atoms with Gasteiger partial charge in [-0.25, -0.2) is 4.79 Å². The van der Waals surface area contributed by atoms with Crippen molar-refractivity contribution in [2.75, 3.05) is 6.54 Å². The summed E-state index contributed by atoms with van der Waals surface area (Å²) in [5, 5.41) is 9.12. The molecule has 2 heterocycles. The van der Waals surface area contributed by atoms with Crippen LogP contribution < -0.4 is 0 Å². The zero-order chi connectivity index (χ0) is 13.1. The summed E-state index contributed by atoms with van der Waals surface area (Å²) in [6.45, 7) is 0.537. The molecule has 0 aliphatic carbocycles. The Morgan fingerprint density at radius 1 is 1.44 bits per heavy atom. The first-order valence-electron chi connectivity index (χ1n) is 5.84. The average molecular weight is 288 g/mol. The number of amides is 1. The first kappa shape index (κ1) is 13.4. The van der Waals surface area contributed by atoms with Crippen molar-refractivity contribution < 1.29 is 14.7 Å². The van der Waals surface area contributed by atoms with Crippen molar-refractivity contribution in [3.63, 3.8) is 0 Å². The van der Waals surface area contributed by atoms with E-state index in [0.29, 0.717) is 17.3 Å². The lowest BCUT2D eigenvalue weighted by Gasteiger charge is -2.32. The van der Waals surface area contributed by atoms with E-state index < -0.39 is 12.0 Å². The molecule has 18 heavy (non-hydrogen) atoms. The molecule has 1 N–H and O–H groups in total. The van der Waals surface area contributed by atoms with E-state index in [9.17, 15) is 9.59 Å². The highest BCUT2D eigenvalue weighted by molar-refractivity contribution is 7.16. The van der Waals surface area contributed by atoms with Crippen molar-refractivity contribution >= 4 is 34.8 Å². The normalized spacial score (nSPS) is 19.8. The Kier molecular flexibility index (Phi) is 4.24. The van der Waals surface area contributed by atoms with Gasteiger partial charge in [-0.05, 0) is 31.4 Å². The second-order valence-corrected chi connectivity index (χ2v) is 6.12. The van der Waals surface area contributed by atoms with Gasteiger partial charge >= 0.3 is 5.97 Å². The fraction of sp³-hybridized carbons (Fsp3) is 0.500. The molecule has 2 rings (SSSR count). The van der Waals surface area contributed by atoms with E-state index in [4.69, 9.17) is 16.7 Å². The van der Waals surface area contributed by atoms with E-state index in [2.05, 4.69) is 0 Å². The Morgan fingerprint density at radius 2 is 2.22 bits per heavy atom. The van der Waals surface area contributed by atoms with Crippen LogP contribution in [0.3, 0.4) is 0 Å². The second-order valence-electron chi connectivity index (χ2n) is 4.32. The minimum Gasteiger partial charge on any atom is -0.480 e. The zero-order valence-corrected chi connectivity index (χ0v) is 11.3. The molecule has 4 nitrogen and oxygen atoms in total.